The van der Waals surface area contributed by atoms with Crippen LogP contribution >= 0.6 is 31.9 Å². The molecule has 2 rings (SSSR count). The van der Waals surface area contributed by atoms with Crippen LogP contribution in [-0.2, 0) is 0 Å². The SMILES string of the molecule is CCC(C)(C)C(Br)c1cc2c(cc1Br)OCCCO2. The minimum absolute atomic E-state index is 0.183. The summed E-state index contributed by atoms with van der Waals surface area (Å²) >= 11 is 7.50. The molecule has 1 aliphatic rings. The third-order valence-corrected chi connectivity index (χ3v) is 6.16. The minimum atomic E-state index is 0.183. The average molecular weight is 392 g/mol. The number of ether oxygens (including phenoxy) is 2. The lowest BCUT2D eigenvalue weighted by atomic mass is 9.83. The van der Waals surface area contributed by atoms with Gasteiger partial charge >= 0.3 is 0 Å². The average Bonchev–Trinajstić information content (AvgIpc) is 2.61. The highest BCUT2D eigenvalue weighted by molar-refractivity contribution is 9.11. The van der Waals surface area contributed by atoms with Gasteiger partial charge in [-0.3, -0.25) is 0 Å². The minimum Gasteiger partial charge on any atom is -0.490 e. The maximum absolute atomic E-state index is 5.77. The van der Waals surface area contributed by atoms with Crippen LogP contribution in [0, 0.1) is 5.41 Å². The Morgan fingerprint density at radius 3 is 2.37 bits per heavy atom. The van der Waals surface area contributed by atoms with Crippen molar-refractivity contribution in [2.75, 3.05) is 13.2 Å². The molecule has 19 heavy (non-hydrogen) atoms. The van der Waals surface area contributed by atoms with Gasteiger partial charge in [-0.2, -0.15) is 0 Å². The molecule has 0 N–H and O–H groups in total. The third kappa shape index (κ3) is 3.27. The van der Waals surface area contributed by atoms with Gasteiger partial charge in [-0.25, -0.2) is 0 Å². The van der Waals surface area contributed by atoms with Crippen LogP contribution < -0.4 is 9.47 Å². The molecule has 4 heteroatoms. The molecule has 1 aliphatic heterocycles. The zero-order chi connectivity index (χ0) is 14.0. The monoisotopic (exact) mass is 390 g/mol. The largest absolute Gasteiger partial charge is 0.490 e. The van der Waals surface area contributed by atoms with Gasteiger partial charge in [0.05, 0.1) is 13.2 Å². The molecule has 1 heterocycles. The zero-order valence-electron chi connectivity index (χ0n) is 11.6. The Bertz CT molecular complexity index is 458. The lowest BCUT2D eigenvalue weighted by Gasteiger charge is -2.30. The van der Waals surface area contributed by atoms with E-state index in [-0.39, 0.29) is 10.2 Å². The maximum atomic E-state index is 5.77. The number of rotatable bonds is 3. The molecule has 0 saturated heterocycles. The van der Waals surface area contributed by atoms with Crippen molar-refractivity contribution in [1.82, 2.24) is 0 Å². The van der Waals surface area contributed by atoms with Crippen LogP contribution in [0.1, 0.15) is 44.0 Å². The van der Waals surface area contributed by atoms with Crippen LogP contribution in [0.4, 0.5) is 0 Å². The molecule has 0 spiro atoms. The fraction of sp³-hybridized carbons (Fsp3) is 0.600. The van der Waals surface area contributed by atoms with Crippen molar-refractivity contribution in [2.24, 2.45) is 5.41 Å². The molecule has 1 atom stereocenters. The molecule has 0 saturated carbocycles. The van der Waals surface area contributed by atoms with Crippen molar-refractivity contribution >= 4 is 31.9 Å². The normalized spacial score (nSPS) is 16.9. The Morgan fingerprint density at radius 1 is 1.21 bits per heavy atom. The van der Waals surface area contributed by atoms with Gasteiger partial charge in [0.25, 0.3) is 0 Å². The van der Waals surface area contributed by atoms with Crippen molar-refractivity contribution in [3.63, 3.8) is 0 Å². The first-order chi connectivity index (χ1) is 8.95. The number of benzene rings is 1. The summed E-state index contributed by atoms with van der Waals surface area (Å²) in [4.78, 5) is 0.275. The first kappa shape index (κ1) is 15.2. The van der Waals surface area contributed by atoms with Gasteiger partial charge in [-0.1, -0.05) is 52.6 Å². The summed E-state index contributed by atoms with van der Waals surface area (Å²) in [5.41, 5.74) is 1.40. The second kappa shape index (κ2) is 6.04. The van der Waals surface area contributed by atoms with Crippen molar-refractivity contribution in [3.05, 3.63) is 22.2 Å². The molecule has 106 valence electrons. The summed E-state index contributed by atoms with van der Waals surface area (Å²) in [5.74, 6) is 1.69. The van der Waals surface area contributed by atoms with Crippen molar-refractivity contribution in [2.45, 2.75) is 38.4 Å². The zero-order valence-corrected chi connectivity index (χ0v) is 14.8. The fourth-order valence-corrected chi connectivity index (χ4v) is 3.56. The van der Waals surface area contributed by atoms with Crippen LogP contribution in [0.3, 0.4) is 0 Å². The Morgan fingerprint density at radius 2 is 1.79 bits per heavy atom. The molecule has 0 fully saturated rings. The molecule has 0 bridgehead atoms. The second-order valence-corrected chi connectivity index (χ2v) is 7.35. The van der Waals surface area contributed by atoms with E-state index in [2.05, 4.69) is 58.7 Å². The van der Waals surface area contributed by atoms with Gasteiger partial charge < -0.3 is 9.47 Å². The highest BCUT2D eigenvalue weighted by Crippen LogP contribution is 2.48. The second-order valence-electron chi connectivity index (χ2n) is 5.58. The first-order valence-electron chi connectivity index (χ1n) is 6.69. The number of hydrogen-bond acceptors (Lipinski definition) is 2. The van der Waals surface area contributed by atoms with Crippen molar-refractivity contribution in [1.29, 1.82) is 0 Å². The molecule has 0 radical (unpaired) electrons. The molecular formula is C15H20Br2O2. The van der Waals surface area contributed by atoms with E-state index in [1.54, 1.807) is 0 Å². The van der Waals surface area contributed by atoms with E-state index in [9.17, 15) is 0 Å². The number of hydrogen-bond donors (Lipinski definition) is 0. The van der Waals surface area contributed by atoms with E-state index in [1.807, 2.05) is 6.07 Å². The smallest absolute Gasteiger partial charge is 0.162 e. The lowest BCUT2D eigenvalue weighted by molar-refractivity contribution is 0.296. The van der Waals surface area contributed by atoms with Crippen LogP contribution in [0.5, 0.6) is 11.5 Å². The van der Waals surface area contributed by atoms with Crippen molar-refractivity contribution < 1.29 is 9.47 Å². The maximum Gasteiger partial charge on any atom is 0.162 e. The van der Waals surface area contributed by atoms with Crippen LogP contribution in [0.2, 0.25) is 0 Å². The molecule has 0 aliphatic carbocycles. The van der Waals surface area contributed by atoms with Crippen LogP contribution in [-0.4, -0.2) is 13.2 Å². The lowest BCUT2D eigenvalue weighted by Crippen LogP contribution is -2.17. The van der Waals surface area contributed by atoms with E-state index >= 15 is 0 Å². The van der Waals surface area contributed by atoms with E-state index < -0.39 is 0 Å². The van der Waals surface area contributed by atoms with Crippen molar-refractivity contribution in [3.8, 4) is 11.5 Å². The molecular weight excluding hydrogens is 372 g/mol. The number of alkyl halides is 1. The molecule has 2 nitrogen and oxygen atoms in total. The van der Waals surface area contributed by atoms with Gasteiger partial charge in [0, 0.05) is 15.7 Å². The summed E-state index contributed by atoms with van der Waals surface area (Å²) in [6.07, 6.45) is 2.03. The van der Waals surface area contributed by atoms with Gasteiger partial charge in [-0.05, 0) is 29.5 Å². The first-order valence-corrected chi connectivity index (χ1v) is 8.39. The fourth-order valence-electron chi connectivity index (χ4n) is 1.99. The molecule has 1 unspecified atom stereocenters. The summed E-state index contributed by atoms with van der Waals surface area (Å²) in [6, 6.07) is 4.12. The number of fused-ring (bicyclic) bond motifs is 1. The third-order valence-electron chi connectivity index (χ3n) is 3.74. The van der Waals surface area contributed by atoms with Gasteiger partial charge in [0.2, 0.25) is 0 Å². The van der Waals surface area contributed by atoms with E-state index in [4.69, 9.17) is 9.47 Å². The molecule has 1 aromatic rings. The van der Waals surface area contributed by atoms with Gasteiger partial charge in [0.15, 0.2) is 11.5 Å². The van der Waals surface area contributed by atoms with Gasteiger partial charge in [-0.15, -0.1) is 0 Å². The van der Waals surface area contributed by atoms with E-state index in [0.717, 1.165) is 42.0 Å². The summed E-state index contributed by atoms with van der Waals surface area (Å²) in [5, 5.41) is 0. The Labute approximate surface area is 132 Å². The van der Waals surface area contributed by atoms with Crippen LogP contribution in [0.15, 0.2) is 16.6 Å². The molecule has 1 aromatic carbocycles. The molecule has 0 aromatic heterocycles. The molecule has 0 amide bonds. The highest BCUT2D eigenvalue weighted by Gasteiger charge is 2.29. The number of halogens is 2. The quantitative estimate of drug-likeness (QED) is 0.635. The predicted octanol–water partition coefficient (Wildman–Crippen LogP) is 5.48. The predicted molar refractivity (Wildman–Crippen MR) is 85.5 cm³/mol. The Balaban J connectivity index is 2.39. The van der Waals surface area contributed by atoms with E-state index in [0.29, 0.717) is 0 Å². The summed E-state index contributed by atoms with van der Waals surface area (Å²) in [6.45, 7) is 8.18. The van der Waals surface area contributed by atoms with E-state index in [1.165, 1.54) is 5.56 Å². The Hall–Kier alpha value is -0.220. The van der Waals surface area contributed by atoms with Gasteiger partial charge in [0.1, 0.15) is 0 Å². The highest BCUT2D eigenvalue weighted by atomic mass is 79.9. The standard InChI is InChI=1S/C15H20Br2O2/c1-4-15(2,3)14(17)10-8-12-13(9-11(10)16)19-7-5-6-18-12/h8-9,14H,4-7H2,1-3H3. The Kier molecular flexibility index (Phi) is 4.83. The topological polar surface area (TPSA) is 18.5 Å². The summed E-state index contributed by atoms with van der Waals surface area (Å²) < 4.78 is 12.5. The summed E-state index contributed by atoms with van der Waals surface area (Å²) in [7, 11) is 0. The van der Waals surface area contributed by atoms with Crippen LogP contribution in [0.25, 0.3) is 0 Å².